The molecule has 0 aromatic carbocycles. The summed E-state index contributed by atoms with van der Waals surface area (Å²) in [7, 11) is 0. The summed E-state index contributed by atoms with van der Waals surface area (Å²) in [6.45, 7) is 12.1. The van der Waals surface area contributed by atoms with Crippen molar-refractivity contribution in [3.63, 3.8) is 0 Å². The first-order valence-corrected chi connectivity index (χ1v) is 5.96. The molecule has 0 spiro atoms. The Balaban J connectivity index is 2.72. The minimum Gasteiger partial charge on any atom is -0.311 e. The van der Waals surface area contributed by atoms with E-state index in [0.717, 1.165) is 6.42 Å². The zero-order valence-electron chi connectivity index (χ0n) is 10.0. The molecule has 0 aliphatic carbocycles. The van der Waals surface area contributed by atoms with Crippen LogP contribution in [0.4, 0.5) is 0 Å². The first kappa shape index (κ1) is 11.8. The van der Waals surface area contributed by atoms with Crippen molar-refractivity contribution in [2.24, 2.45) is 5.92 Å². The van der Waals surface area contributed by atoms with Crippen LogP contribution in [0, 0.1) is 5.92 Å². The van der Waals surface area contributed by atoms with Crippen molar-refractivity contribution in [3.05, 3.63) is 12.2 Å². The van der Waals surface area contributed by atoms with Crippen molar-refractivity contribution in [3.8, 4) is 0 Å². The van der Waals surface area contributed by atoms with Crippen LogP contribution >= 0.6 is 0 Å². The first-order valence-electron chi connectivity index (χ1n) is 5.96. The van der Waals surface area contributed by atoms with Crippen LogP contribution in [0.3, 0.4) is 0 Å². The third-order valence-electron chi connectivity index (χ3n) is 3.50. The molecular formula is C13H25N. The fraction of sp³-hybridized carbons (Fsp3) is 0.846. The molecule has 14 heavy (non-hydrogen) atoms. The van der Waals surface area contributed by atoms with Gasteiger partial charge in [-0.3, -0.25) is 0 Å². The van der Waals surface area contributed by atoms with Crippen LogP contribution in [-0.4, -0.2) is 12.1 Å². The third kappa shape index (κ3) is 2.84. The summed E-state index contributed by atoms with van der Waals surface area (Å²) < 4.78 is 0. The highest BCUT2D eigenvalue weighted by molar-refractivity contribution is 5.04. The fourth-order valence-electron chi connectivity index (χ4n) is 2.55. The van der Waals surface area contributed by atoms with E-state index in [1.165, 1.54) is 37.8 Å². The highest BCUT2D eigenvalue weighted by Gasteiger charge is 2.33. The lowest BCUT2D eigenvalue weighted by molar-refractivity contribution is 0.226. The Bertz CT molecular complexity index is 185. The highest BCUT2D eigenvalue weighted by Crippen LogP contribution is 2.32. The molecule has 1 aliphatic heterocycles. The van der Waals surface area contributed by atoms with Gasteiger partial charge in [0.2, 0.25) is 0 Å². The lowest BCUT2D eigenvalue weighted by Crippen LogP contribution is -2.49. The molecule has 1 unspecified atom stereocenters. The summed E-state index contributed by atoms with van der Waals surface area (Å²) in [5, 5.41) is 3.77. The summed E-state index contributed by atoms with van der Waals surface area (Å²) in [4.78, 5) is 0. The van der Waals surface area contributed by atoms with Gasteiger partial charge in [-0.1, -0.05) is 32.3 Å². The standard InChI is InChI=1S/C13H25N/c1-11(2)10-13(12(3)4)8-6-5-7-9-14-13/h12,14H,1,5-10H2,2-4H3. The Kier molecular flexibility index (Phi) is 4.18. The topological polar surface area (TPSA) is 12.0 Å². The van der Waals surface area contributed by atoms with E-state index in [-0.39, 0.29) is 0 Å². The average molecular weight is 195 g/mol. The van der Waals surface area contributed by atoms with Crippen LogP contribution in [0.5, 0.6) is 0 Å². The lowest BCUT2D eigenvalue weighted by Gasteiger charge is -2.38. The molecule has 1 nitrogen and oxygen atoms in total. The molecule has 0 saturated carbocycles. The molecule has 1 fully saturated rings. The van der Waals surface area contributed by atoms with Crippen LogP contribution in [0.1, 0.15) is 52.9 Å². The Morgan fingerprint density at radius 3 is 2.64 bits per heavy atom. The second-order valence-corrected chi connectivity index (χ2v) is 5.18. The molecule has 1 heterocycles. The van der Waals surface area contributed by atoms with Gasteiger partial charge in [0.05, 0.1) is 0 Å². The van der Waals surface area contributed by atoms with Gasteiger partial charge in [-0.05, 0) is 38.6 Å². The van der Waals surface area contributed by atoms with Crippen molar-refractivity contribution in [2.75, 3.05) is 6.54 Å². The summed E-state index contributed by atoms with van der Waals surface area (Å²) >= 11 is 0. The van der Waals surface area contributed by atoms with Gasteiger partial charge in [0.1, 0.15) is 0 Å². The molecule has 0 aromatic rings. The molecule has 1 N–H and O–H groups in total. The lowest BCUT2D eigenvalue weighted by atomic mass is 9.78. The van der Waals surface area contributed by atoms with E-state index < -0.39 is 0 Å². The molecule has 82 valence electrons. The van der Waals surface area contributed by atoms with E-state index in [9.17, 15) is 0 Å². The van der Waals surface area contributed by atoms with Crippen LogP contribution in [0.25, 0.3) is 0 Å². The fourth-order valence-corrected chi connectivity index (χ4v) is 2.55. The Hall–Kier alpha value is -0.300. The quantitative estimate of drug-likeness (QED) is 0.680. The minimum absolute atomic E-state index is 0.336. The molecule has 0 bridgehead atoms. The van der Waals surface area contributed by atoms with Crippen molar-refractivity contribution in [1.82, 2.24) is 5.32 Å². The third-order valence-corrected chi connectivity index (χ3v) is 3.50. The SMILES string of the molecule is C=C(C)CC1(C(C)C)CCCCCN1. The summed E-state index contributed by atoms with van der Waals surface area (Å²) in [6, 6.07) is 0. The number of nitrogens with one attached hydrogen (secondary N) is 1. The summed E-state index contributed by atoms with van der Waals surface area (Å²) in [5.41, 5.74) is 1.65. The highest BCUT2D eigenvalue weighted by atomic mass is 15.0. The van der Waals surface area contributed by atoms with Gasteiger partial charge in [0, 0.05) is 5.54 Å². The summed E-state index contributed by atoms with van der Waals surface area (Å²) in [5.74, 6) is 0.706. The zero-order chi connectivity index (χ0) is 10.6. The predicted molar refractivity (Wildman–Crippen MR) is 63.5 cm³/mol. The maximum atomic E-state index is 4.07. The van der Waals surface area contributed by atoms with Crippen molar-refractivity contribution in [1.29, 1.82) is 0 Å². The largest absolute Gasteiger partial charge is 0.311 e. The van der Waals surface area contributed by atoms with Crippen LogP contribution in [-0.2, 0) is 0 Å². The minimum atomic E-state index is 0.336. The Labute approximate surface area is 89.0 Å². The van der Waals surface area contributed by atoms with Gasteiger partial charge in [-0.2, -0.15) is 0 Å². The smallest absolute Gasteiger partial charge is 0.0241 e. The van der Waals surface area contributed by atoms with Crippen LogP contribution in [0.15, 0.2) is 12.2 Å². The van der Waals surface area contributed by atoms with E-state index in [2.05, 4.69) is 32.7 Å². The monoisotopic (exact) mass is 195 g/mol. The molecule has 1 atom stereocenters. The van der Waals surface area contributed by atoms with Crippen molar-refractivity contribution in [2.45, 2.75) is 58.4 Å². The molecule has 1 aliphatic rings. The van der Waals surface area contributed by atoms with E-state index in [4.69, 9.17) is 0 Å². The number of hydrogen-bond donors (Lipinski definition) is 1. The second kappa shape index (κ2) is 4.97. The van der Waals surface area contributed by atoms with Crippen molar-refractivity contribution < 1.29 is 0 Å². The molecular weight excluding hydrogens is 170 g/mol. The van der Waals surface area contributed by atoms with Crippen LogP contribution < -0.4 is 5.32 Å². The molecule has 0 amide bonds. The first-order chi connectivity index (χ1) is 6.57. The molecule has 0 aromatic heterocycles. The van der Waals surface area contributed by atoms with E-state index >= 15 is 0 Å². The Morgan fingerprint density at radius 2 is 2.07 bits per heavy atom. The van der Waals surface area contributed by atoms with E-state index in [1.54, 1.807) is 0 Å². The average Bonchev–Trinajstić information content (AvgIpc) is 2.29. The number of rotatable bonds is 3. The van der Waals surface area contributed by atoms with Crippen LogP contribution in [0.2, 0.25) is 0 Å². The molecule has 1 rings (SSSR count). The Morgan fingerprint density at radius 1 is 1.36 bits per heavy atom. The maximum Gasteiger partial charge on any atom is 0.0241 e. The molecule has 1 saturated heterocycles. The summed E-state index contributed by atoms with van der Waals surface area (Å²) in [6.07, 6.45) is 6.56. The van der Waals surface area contributed by atoms with Gasteiger partial charge in [0.15, 0.2) is 0 Å². The van der Waals surface area contributed by atoms with Gasteiger partial charge >= 0.3 is 0 Å². The normalized spacial score (nSPS) is 28.9. The van der Waals surface area contributed by atoms with E-state index in [0.29, 0.717) is 11.5 Å². The molecule has 0 radical (unpaired) electrons. The van der Waals surface area contributed by atoms with Crippen molar-refractivity contribution >= 4 is 0 Å². The van der Waals surface area contributed by atoms with E-state index in [1.807, 2.05) is 0 Å². The second-order valence-electron chi connectivity index (χ2n) is 5.18. The maximum absolute atomic E-state index is 4.07. The predicted octanol–water partition coefficient (Wildman–Crippen LogP) is 3.51. The van der Waals surface area contributed by atoms with Gasteiger partial charge in [0.25, 0.3) is 0 Å². The number of hydrogen-bond acceptors (Lipinski definition) is 1. The van der Waals surface area contributed by atoms with Gasteiger partial charge < -0.3 is 5.32 Å². The zero-order valence-corrected chi connectivity index (χ0v) is 10.0. The van der Waals surface area contributed by atoms with Gasteiger partial charge in [-0.15, -0.1) is 6.58 Å². The molecule has 1 heteroatoms. The van der Waals surface area contributed by atoms with Gasteiger partial charge in [-0.25, -0.2) is 0 Å².